The zero-order valence-corrected chi connectivity index (χ0v) is 11.2. The van der Waals surface area contributed by atoms with E-state index in [4.69, 9.17) is 0 Å². The van der Waals surface area contributed by atoms with Crippen LogP contribution in [0.2, 0.25) is 0 Å². The summed E-state index contributed by atoms with van der Waals surface area (Å²) in [7, 11) is 0. The Morgan fingerprint density at radius 3 is 2.72 bits per heavy atom. The van der Waals surface area contributed by atoms with Gasteiger partial charge in [-0.2, -0.15) is 0 Å². The minimum absolute atomic E-state index is 0.256. The lowest BCUT2D eigenvalue weighted by Gasteiger charge is -2.05. The smallest absolute Gasteiger partial charge is 0.256 e. The molecule has 5 heteroatoms. The summed E-state index contributed by atoms with van der Waals surface area (Å²) in [5, 5.41) is 2.64. The van der Waals surface area contributed by atoms with Crippen LogP contribution in [0.25, 0.3) is 0 Å². The van der Waals surface area contributed by atoms with Crippen LogP contribution < -0.4 is 5.32 Å². The van der Waals surface area contributed by atoms with Gasteiger partial charge in [0.2, 0.25) is 0 Å². The predicted octanol–water partition coefficient (Wildman–Crippen LogP) is 3.54. The number of carbonyl (C=O) groups excluding carboxylic acids is 1. The molecule has 2 rings (SSSR count). The summed E-state index contributed by atoms with van der Waals surface area (Å²) in [6.45, 7) is 1.91. The second kappa shape index (κ2) is 5.27. The third-order valence-corrected chi connectivity index (χ3v) is 2.94. The van der Waals surface area contributed by atoms with Crippen molar-refractivity contribution in [1.82, 2.24) is 4.98 Å². The number of pyridine rings is 1. The monoisotopic (exact) mass is 308 g/mol. The molecule has 0 aliphatic heterocycles. The molecule has 18 heavy (non-hydrogen) atoms. The van der Waals surface area contributed by atoms with E-state index in [1.54, 1.807) is 12.3 Å². The van der Waals surface area contributed by atoms with Crippen LogP contribution >= 0.6 is 15.9 Å². The molecule has 0 bridgehead atoms. The molecular weight excluding hydrogens is 299 g/mol. The molecule has 92 valence electrons. The van der Waals surface area contributed by atoms with Crippen LogP contribution in [0.4, 0.5) is 10.2 Å². The molecule has 1 amide bonds. The fourth-order valence-corrected chi connectivity index (χ4v) is 1.75. The van der Waals surface area contributed by atoms with Crippen molar-refractivity contribution in [3.8, 4) is 0 Å². The standard InChI is InChI=1S/C13H10BrFN2O/c1-8-2-5-12(16-7-8)17-13(18)9-3-4-11(15)10(14)6-9/h2-7H,1H3,(H,16,17,18). The number of amides is 1. The first-order valence-corrected chi connectivity index (χ1v) is 6.04. The first kappa shape index (κ1) is 12.7. The van der Waals surface area contributed by atoms with Gasteiger partial charge >= 0.3 is 0 Å². The lowest BCUT2D eigenvalue weighted by Crippen LogP contribution is -2.13. The average molecular weight is 309 g/mol. The third kappa shape index (κ3) is 2.92. The van der Waals surface area contributed by atoms with Crippen molar-refractivity contribution in [2.24, 2.45) is 0 Å². The van der Waals surface area contributed by atoms with Crippen molar-refractivity contribution in [2.45, 2.75) is 6.92 Å². The van der Waals surface area contributed by atoms with E-state index in [1.165, 1.54) is 18.2 Å². The molecule has 3 nitrogen and oxygen atoms in total. The SMILES string of the molecule is Cc1ccc(NC(=O)c2ccc(F)c(Br)c2)nc1. The van der Waals surface area contributed by atoms with Crippen molar-refractivity contribution in [2.75, 3.05) is 5.32 Å². The molecule has 0 saturated carbocycles. The minimum Gasteiger partial charge on any atom is -0.307 e. The molecule has 2 aromatic rings. The van der Waals surface area contributed by atoms with Crippen molar-refractivity contribution < 1.29 is 9.18 Å². The number of nitrogens with one attached hydrogen (secondary N) is 1. The predicted molar refractivity (Wildman–Crippen MR) is 71.0 cm³/mol. The van der Waals surface area contributed by atoms with Crippen LogP contribution in [-0.2, 0) is 0 Å². The fourth-order valence-electron chi connectivity index (χ4n) is 1.37. The van der Waals surface area contributed by atoms with E-state index >= 15 is 0 Å². The molecule has 0 unspecified atom stereocenters. The quantitative estimate of drug-likeness (QED) is 0.922. The van der Waals surface area contributed by atoms with E-state index in [9.17, 15) is 9.18 Å². The number of rotatable bonds is 2. The summed E-state index contributed by atoms with van der Waals surface area (Å²) in [4.78, 5) is 15.9. The first-order chi connectivity index (χ1) is 8.56. The first-order valence-electron chi connectivity index (χ1n) is 5.25. The van der Waals surface area contributed by atoms with Gasteiger partial charge in [-0.25, -0.2) is 9.37 Å². The topological polar surface area (TPSA) is 42.0 Å². The number of aryl methyl sites for hydroxylation is 1. The van der Waals surface area contributed by atoms with Gasteiger partial charge in [0.15, 0.2) is 0 Å². The third-order valence-electron chi connectivity index (χ3n) is 2.33. The van der Waals surface area contributed by atoms with Gasteiger partial charge in [0, 0.05) is 11.8 Å². The molecule has 1 heterocycles. The second-order valence-corrected chi connectivity index (χ2v) is 4.66. The Kier molecular flexibility index (Phi) is 3.72. The van der Waals surface area contributed by atoms with E-state index < -0.39 is 5.82 Å². The van der Waals surface area contributed by atoms with Crippen LogP contribution in [0, 0.1) is 12.7 Å². The molecule has 0 saturated heterocycles. The van der Waals surface area contributed by atoms with Gasteiger partial charge in [-0.1, -0.05) is 6.07 Å². The highest BCUT2D eigenvalue weighted by atomic mass is 79.9. The molecule has 0 atom stereocenters. The average Bonchev–Trinajstić information content (AvgIpc) is 2.35. The number of nitrogens with zero attached hydrogens (tertiary/aromatic N) is 1. The van der Waals surface area contributed by atoms with Gasteiger partial charge in [-0.05, 0) is 52.7 Å². The zero-order valence-electron chi connectivity index (χ0n) is 9.58. The minimum atomic E-state index is -0.403. The maximum Gasteiger partial charge on any atom is 0.256 e. The van der Waals surface area contributed by atoms with Gasteiger partial charge in [-0.15, -0.1) is 0 Å². The van der Waals surface area contributed by atoms with Crippen molar-refractivity contribution in [3.05, 3.63) is 57.9 Å². The van der Waals surface area contributed by atoms with Gasteiger partial charge in [0.25, 0.3) is 5.91 Å². The fraction of sp³-hybridized carbons (Fsp3) is 0.0769. The molecule has 0 spiro atoms. The maximum atomic E-state index is 13.0. The largest absolute Gasteiger partial charge is 0.307 e. The lowest BCUT2D eigenvalue weighted by atomic mass is 10.2. The van der Waals surface area contributed by atoms with E-state index in [-0.39, 0.29) is 10.4 Å². The van der Waals surface area contributed by atoms with Crippen molar-refractivity contribution >= 4 is 27.7 Å². The molecular formula is C13H10BrFN2O. The molecule has 1 N–H and O–H groups in total. The van der Waals surface area contributed by atoms with Crippen molar-refractivity contribution in [3.63, 3.8) is 0 Å². The Morgan fingerprint density at radius 1 is 1.33 bits per heavy atom. The van der Waals surface area contributed by atoms with E-state index in [2.05, 4.69) is 26.2 Å². The lowest BCUT2D eigenvalue weighted by molar-refractivity contribution is 0.102. The Balaban J connectivity index is 2.16. The molecule has 0 fully saturated rings. The highest BCUT2D eigenvalue weighted by Gasteiger charge is 2.09. The Bertz CT molecular complexity index is 584. The molecule has 1 aromatic heterocycles. The Hall–Kier alpha value is -1.75. The van der Waals surface area contributed by atoms with Crippen LogP contribution in [0.1, 0.15) is 15.9 Å². The summed E-state index contributed by atoms with van der Waals surface area (Å²) in [6.07, 6.45) is 1.66. The molecule has 0 aliphatic carbocycles. The van der Waals surface area contributed by atoms with Crippen molar-refractivity contribution in [1.29, 1.82) is 0 Å². The maximum absolute atomic E-state index is 13.0. The highest BCUT2D eigenvalue weighted by Crippen LogP contribution is 2.17. The Labute approximate surface area is 112 Å². The number of aromatic nitrogens is 1. The number of benzene rings is 1. The number of halogens is 2. The van der Waals surface area contributed by atoms with E-state index in [0.717, 1.165) is 5.56 Å². The normalized spacial score (nSPS) is 10.2. The van der Waals surface area contributed by atoms with E-state index in [1.807, 2.05) is 13.0 Å². The van der Waals surface area contributed by atoms with Gasteiger partial charge < -0.3 is 5.32 Å². The molecule has 0 radical (unpaired) electrons. The van der Waals surface area contributed by atoms with Gasteiger partial charge in [-0.3, -0.25) is 4.79 Å². The second-order valence-electron chi connectivity index (χ2n) is 3.80. The number of hydrogen-bond acceptors (Lipinski definition) is 2. The summed E-state index contributed by atoms with van der Waals surface area (Å²) in [6, 6.07) is 7.65. The number of carbonyl (C=O) groups is 1. The number of anilines is 1. The molecule has 0 aliphatic rings. The summed E-state index contributed by atoms with van der Waals surface area (Å²) in [5.41, 5.74) is 1.38. The summed E-state index contributed by atoms with van der Waals surface area (Å²) < 4.78 is 13.3. The van der Waals surface area contributed by atoms with E-state index in [0.29, 0.717) is 11.4 Å². The Morgan fingerprint density at radius 2 is 2.11 bits per heavy atom. The number of hydrogen-bond donors (Lipinski definition) is 1. The van der Waals surface area contributed by atoms with Crippen LogP contribution in [-0.4, -0.2) is 10.9 Å². The molecule has 1 aromatic carbocycles. The van der Waals surface area contributed by atoms with Crippen LogP contribution in [0.3, 0.4) is 0 Å². The summed E-state index contributed by atoms with van der Waals surface area (Å²) in [5.74, 6) is -0.266. The van der Waals surface area contributed by atoms with Gasteiger partial charge in [0.05, 0.1) is 4.47 Å². The van der Waals surface area contributed by atoms with Crippen LogP contribution in [0.5, 0.6) is 0 Å². The summed E-state index contributed by atoms with van der Waals surface area (Å²) >= 11 is 3.04. The van der Waals surface area contributed by atoms with Crippen LogP contribution in [0.15, 0.2) is 41.0 Å². The highest BCUT2D eigenvalue weighted by molar-refractivity contribution is 9.10. The van der Waals surface area contributed by atoms with Gasteiger partial charge in [0.1, 0.15) is 11.6 Å². The zero-order chi connectivity index (χ0) is 13.1.